The van der Waals surface area contributed by atoms with Crippen LogP contribution < -0.4 is 0 Å². The van der Waals surface area contributed by atoms with Crippen molar-refractivity contribution in [3.63, 3.8) is 0 Å². The molecule has 4 heteroatoms. The van der Waals surface area contributed by atoms with Crippen LogP contribution in [0.3, 0.4) is 0 Å². The molecule has 4 nitrogen and oxygen atoms in total. The molecule has 1 aliphatic carbocycles. The zero-order chi connectivity index (χ0) is 13.6. The Hall–Kier alpha value is -1.55. The number of carboxylic acid groups (broad SMARTS) is 1. The highest BCUT2D eigenvalue weighted by Gasteiger charge is 2.63. The van der Waals surface area contributed by atoms with E-state index in [4.69, 9.17) is 4.74 Å². The molecular formula is C15H19NO3. The molecular weight excluding hydrogens is 242 g/mol. The summed E-state index contributed by atoms with van der Waals surface area (Å²) in [7, 11) is 1.61. The van der Waals surface area contributed by atoms with Crippen molar-refractivity contribution in [1.29, 1.82) is 0 Å². The maximum Gasteiger partial charge on any atom is 0.409 e. The molecule has 1 heterocycles. The van der Waals surface area contributed by atoms with Gasteiger partial charge in [0.1, 0.15) is 6.23 Å². The average molecular weight is 261 g/mol. The molecule has 1 saturated heterocycles. The summed E-state index contributed by atoms with van der Waals surface area (Å²) in [5.41, 5.74) is 2.33. The van der Waals surface area contributed by atoms with E-state index in [0.717, 1.165) is 0 Å². The molecule has 2 aliphatic rings. The third kappa shape index (κ3) is 1.66. The number of hydrogen-bond donors (Lipinski definition) is 1. The topological polar surface area (TPSA) is 49.8 Å². The third-order valence-corrected chi connectivity index (χ3v) is 4.58. The summed E-state index contributed by atoms with van der Waals surface area (Å²) in [6.45, 7) is 2.64. The van der Waals surface area contributed by atoms with E-state index in [0.29, 0.717) is 12.5 Å². The minimum Gasteiger partial charge on any atom is -0.465 e. The molecule has 102 valence electrons. The molecule has 0 radical (unpaired) electrons. The lowest BCUT2D eigenvalue weighted by atomic mass is 9.66. The van der Waals surface area contributed by atoms with Gasteiger partial charge in [0.15, 0.2) is 0 Å². The fourth-order valence-corrected chi connectivity index (χ4v) is 3.58. The Labute approximate surface area is 113 Å². The molecule has 0 bridgehead atoms. The van der Waals surface area contributed by atoms with Gasteiger partial charge in [-0.15, -0.1) is 0 Å². The lowest BCUT2D eigenvalue weighted by Crippen LogP contribution is -2.70. The van der Waals surface area contributed by atoms with Crippen molar-refractivity contribution in [2.24, 2.45) is 5.92 Å². The molecule has 1 aromatic carbocycles. The second kappa shape index (κ2) is 4.23. The first-order valence-corrected chi connectivity index (χ1v) is 6.69. The SMILES string of the molecule is COC1N(C(=O)O)CC1(c1ccccc1C)C1CC1. The van der Waals surface area contributed by atoms with Crippen molar-refractivity contribution in [2.75, 3.05) is 13.7 Å². The summed E-state index contributed by atoms with van der Waals surface area (Å²) in [4.78, 5) is 12.7. The summed E-state index contributed by atoms with van der Waals surface area (Å²) >= 11 is 0. The Bertz CT molecular complexity index is 512. The van der Waals surface area contributed by atoms with Gasteiger partial charge in [-0.2, -0.15) is 0 Å². The predicted octanol–water partition coefficient (Wildman–Crippen LogP) is 2.61. The second-order valence-electron chi connectivity index (χ2n) is 5.63. The fourth-order valence-electron chi connectivity index (χ4n) is 3.58. The van der Waals surface area contributed by atoms with E-state index >= 15 is 0 Å². The highest BCUT2D eigenvalue weighted by molar-refractivity contribution is 5.68. The monoisotopic (exact) mass is 261 g/mol. The number of carbonyl (C=O) groups is 1. The molecule has 1 amide bonds. The molecule has 1 N–H and O–H groups in total. The van der Waals surface area contributed by atoms with E-state index in [-0.39, 0.29) is 11.6 Å². The second-order valence-corrected chi connectivity index (χ2v) is 5.63. The first-order valence-electron chi connectivity index (χ1n) is 6.69. The number of ether oxygens (including phenoxy) is 1. The number of rotatable bonds is 3. The van der Waals surface area contributed by atoms with E-state index in [1.54, 1.807) is 7.11 Å². The van der Waals surface area contributed by atoms with Gasteiger partial charge in [-0.3, -0.25) is 4.90 Å². The van der Waals surface area contributed by atoms with Gasteiger partial charge in [-0.05, 0) is 36.8 Å². The number of likely N-dealkylation sites (tertiary alicyclic amines) is 1. The van der Waals surface area contributed by atoms with Crippen LogP contribution in [0.15, 0.2) is 24.3 Å². The summed E-state index contributed by atoms with van der Waals surface area (Å²) in [5, 5.41) is 9.23. The molecule has 2 atom stereocenters. The predicted molar refractivity (Wildman–Crippen MR) is 71.1 cm³/mol. The number of aryl methyl sites for hydroxylation is 1. The van der Waals surface area contributed by atoms with Crippen molar-refractivity contribution >= 4 is 6.09 Å². The maximum atomic E-state index is 11.2. The van der Waals surface area contributed by atoms with Gasteiger partial charge in [0, 0.05) is 13.7 Å². The average Bonchev–Trinajstić information content (AvgIpc) is 3.15. The Balaban J connectivity index is 2.03. The summed E-state index contributed by atoms with van der Waals surface area (Å²) in [5.74, 6) is 0.550. The number of methoxy groups -OCH3 is 1. The van der Waals surface area contributed by atoms with Gasteiger partial charge in [-0.25, -0.2) is 4.79 Å². The van der Waals surface area contributed by atoms with Crippen LogP contribution in [0.4, 0.5) is 4.79 Å². The van der Waals surface area contributed by atoms with E-state index in [9.17, 15) is 9.90 Å². The molecule has 1 saturated carbocycles. The van der Waals surface area contributed by atoms with Gasteiger partial charge < -0.3 is 9.84 Å². The highest BCUT2D eigenvalue weighted by atomic mass is 16.5. The first kappa shape index (κ1) is 12.5. The number of amides is 1. The van der Waals surface area contributed by atoms with Crippen molar-refractivity contribution in [1.82, 2.24) is 4.90 Å². The van der Waals surface area contributed by atoms with Crippen LogP contribution in [0.25, 0.3) is 0 Å². The smallest absolute Gasteiger partial charge is 0.409 e. The molecule has 1 aromatic rings. The van der Waals surface area contributed by atoms with Crippen LogP contribution in [0, 0.1) is 12.8 Å². The van der Waals surface area contributed by atoms with Crippen LogP contribution >= 0.6 is 0 Å². The van der Waals surface area contributed by atoms with Gasteiger partial charge in [0.25, 0.3) is 0 Å². The minimum absolute atomic E-state index is 0.140. The normalized spacial score (nSPS) is 30.0. The van der Waals surface area contributed by atoms with Crippen LogP contribution in [-0.2, 0) is 10.2 Å². The number of nitrogens with zero attached hydrogens (tertiary/aromatic N) is 1. The Morgan fingerprint density at radius 3 is 2.63 bits per heavy atom. The molecule has 19 heavy (non-hydrogen) atoms. The minimum atomic E-state index is -0.892. The van der Waals surface area contributed by atoms with Crippen LogP contribution in [-0.4, -0.2) is 36.0 Å². The molecule has 0 spiro atoms. The fraction of sp³-hybridized carbons (Fsp3) is 0.533. The van der Waals surface area contributed by atoms with Gasteiger partial charge in [0.05, 0.1) is 5.41 Å². The first-order chi connectivity index (χ1) is 9.11. The number of hydrogen-bond acceptors (Lipinski definition) is 2. The largest absolute Gasteiger partial charge is 0.465 e. The summed E-state index contributed by atoms with van der Waals surface area (Å²) < 4.78 is 5.53. The highest BCUT2D eigenvalue weighted by Crippen LogP contribution is 2.56. The lowest BCUT2D eigenvalue weighted by molar-refractivity contribution is -0.159. The van der Waals surface area contributed by atoms with Crippen molar-refractivity contribution in [2.45, 2.75) is 31.4 Å². The Morgan fingerprint density at radius 2 is 2.11 bits per heavy atom. The van der Waals surface area contributed by atoms with Crippen LogP contribution in [0.5, 0.6) is 0 Å². The van der Waals surface area contributed by atoms with Crippen LogP contribution in [0.2, 0.25) is 0 Å². The van der Waals surface area contributed by atoms with Crippen LogP contribution in [0.1, 0.15) is 24.0 Å². The van der Waals surface area contributed by atoms with Gasteiger partial charge >= 0.3 is 6.09 Å². The Morgan fingerprint density at radius 1 is 1.42 bits per heavy atom. The molecule has 2 fully saturated rings. The van der Waals surface area contributed by atoms with Crippen molar-refractivity contribution in [3.05, 3.63) is 35.4 Å². The molecule has 3 rings (SSSR count). The summed E-state index contributed by atoms with van der Waals surface area (Å²) in [6.07, 6.45) is 1.10. The standard InChI is InChI=1S/C15H19NO3/c1-10-5-3-4-6-12(10)15(11-7-8-11)9-16(14(17)18)13(15)19-2/h3-6,11,13H,7-9H2,1-2H3,(H,17,18). The van der Waals surface area contributed by atoms with E-state index in [1.807, 2.05) is 12.1 Å². The third-order valence-electron chi connectivity index (χ3n) is 4.58. The Kier molecular flexibility index (Phi) is 2.78. The maximum absolute atomic E-state index is 11.2. The zero-order valence-corrected chi connectivity index (χ0v) is 11.3. The molecule has 1 aliphatic heterocycles. The van der Waals surface area contributed by atoms with Crippen molar-refractivity contribution < 1.29 is 14.6 Å². The zero-order valence-electron chi connectivity index (χ0n) is 11.3. The van der Waals surface area contributed by atoms with E-state index in [2.05, 4.69) is 19.1 Å². The van der Waals surface area contributed by atoms with Crippen molar-refractivity contribution in [3.8, 4) is 0 Å². The van der Waals surface area contributed by atoms with Gasteiger partial charge in [-0.1, -0.05) is 24.3 Å². The van der Waals surface area contributed by atoms with Gasteiger partial charge in [0.2, 0.25) is 0 Å². The van der Waals surface area contributed by atoms with E-state index < -0.39 is 6.09 Å². The lowest BCUT2D eigenvalue weighted by Gasteiger charge is -2.56. The summed E-state index contributed by atoms with van der Waals surface area (Å²) in [6, 6.07) is 8.27. The van der Waals surface area contributed by atoms with E-state index in [1.165, 1.54) is 28.9 Å². The quantitative estimate of drug-likeness (QED) is 0.910. The molecule has 2 unspecified atom stereocenters. The molecule has 0 aromatic heterocycles. The number of benzene rings is 1.